The molecule has 7 rings (SSSR count). The molecule has 3 heterocycles. The second-order valence-electron chi connectivity index (χ2n) is 12.7. The molecule has 192 valence electrons. The molecule has 0 saturated carbocycles. The van der Waals surface area contributed by atoms with E-state index in [1.54, 1.807) is 0 Å². The molecular weight excluding hydrogens is 466 g/mol. The zero-order valence-electron chi connectivity index (χ0n) is 23.0. The second-order valence-corrected chi connectivity index (χ2v) is 12.7. The van der Waals surface area contributed by atoms with Crippen molar-refractivity contribution in [2.24, 2.45) is 10.4 Å². The molecule has 0 fully saturated rings. The number of anilines is 3. The van der Waals surface area contributed by atoms with Crippen molar-refractivity contribution in [2.75, 3.05) is 22.9 Å². The van der Waals surface area contributed by atoms with Crippen molar-refractivity contribution in [3.63, 3.8) is 0 Å². The minimum absolute atomic E-state index is 0.0752. The zero-order chi connectivity index (χ0) is 26.3. The number of rotatable bonds is 2. The Hall–Kier alpha value is -3.79. The van der Waals surface area contributed by atoms with Crippen molar-refractivity contribution < 1.29 is 4.74 Å². The van der Waals surface area contributed by atoms with Gasteiger partial charge in [0.25, 0.3) is 0 Å². The third kappa shape index (κ3) is 3.19. The third-order valence-electron chi connectivity index (χ3n) is 8.57. The molecule has 0 aromatic heterocycles. The molecule has 0 saturated heterocycles. The highest BCUT2D eigenvalue weighted by Crippen LogP contribution is 2.56. The van der Waals surface area contributed by atoms with Crippen molar-refractivity contribution in [2.45, 2.75) is 52.2 Å². The van der Waals surface area contributed by atoms with Gasteiger partial charge in [0.05, 0.1) is 17.3 Å². The molecule has 4 nitrogen and oxygen atoms in total. The fourth-order valence-corrected chi connectivity index (χ4v) is 6.72. The normalized spacial score (nSPS) is 21.0. The third-order valence-corrected chi connectivity index (χ3v) is 8.57. The fraction of sp³-hybridized carbons (Fsp3) is 0.324. The van der Waals surface area contributed by atoms with Crippen LogP contribution in [0.2, 0.25) is 0 Å². The summed E-state index contributed by atoms with van der Waals surface area (Å²) < 4.78 is 7.28. The van der Waals surface area contributed by atoms with Crippen LogP contribution in [0.3, 0.4) is 0 Å². The summed E-state index contributed by atoms with van der Waals surface area (Å²) >= 11 is 0. The Morgan fingerprint density at radius 1 is 0.842 bits per heavy atom. The maximum absolute atomic E-state index is 7.28. The minimum atomic E-state index is -0.723. The van der Waals surface area contributed by atoms with Gasteiger partial charge in [-0.3, -0.25) is 4.99 Å². The number of fused-ring (bicyclic) bond motifs is 5. The first-order chi connectivity index (χ1) is 18.2. The van der Waals surface area contributed by atoms with Crippen LogP contribution in [0.25, 0.3) is 10.8 Å². The van der Waals surface area contributed by atoms with Crippen LogP contribution in [0.5, 0.6) is 5.75 Å². The molecular formula is C34H35N3O. The Morgan fingerprint density at radius 2 is 1.53 bits per heavy atom. The van der Waals surface area contributed by atoms with Crippen molar-refractivity contribution >= 4 is 39.7 Å². The molecule has 38 heavy (non-hydrogen) atoms. The van der Waals surface area contributed by atoms with E-state index in [1.807, 2.05) is 0 Å². The van der Waals surface area contributed by atoms with E-state index >= 15 is 0 Å². The van der Waals surface area contributed by atoms with Gasteiger partial charge in [-0.05, 0) is 48.9 Å². The lowest BCUT2D eigenvalue weighted by atomic mass is 9.77. The van der Waals surface area contributed by atoms with E-state index in [-0.39, 0.29) is 10.8 Å². The Bertz CT molecular complexity index is 1610. The van der Waals surface area contributed by atoms with Crippen molar-refractivity contribution in [3.8, 4) is 5.75 Å². The van der Waals surface area contributed by atoms with E-state index < -0.39 is 5.72 Å². The van der Waals surface area contributed by atoms with E-state index in [0.717, 1.165) is 36.3 Å². The van der Waals surface area contributed by atoms with Crippen LogP contribution in [0.4, 0.5) is 22.7 Å². The molecule has 1 unspecified atom stereocenters. The molecule has 0 aliphatic carbocycles. The number of benzene rings is 4. The van der Waals surface area contributed by atoms with Crippen LogP contribution in [0.15, 0.2) is 83.9 Å². The molecule has 4 heteroatoms. The zero-order valence-corrected chi connectivity index (χ0v) is 23.0. The first-order valence-corrected chi connectivity index (χ1v) is 13.7. The van der Waals surface area contributed by atoms with Crippen molar-refractivity contribution in [1.82, 2.24) is 0 Å². The van der Waals surface area contributed by atoms with E-state index in [1.165, 1.54) is 33.6 Å². The Morgan fingerprint density at radius 3 is 2.32 bits per heavy atom. The summed E-state index contributed by atoms with van der Waals surface area (Å²) in [5.74, 6) is 0.852. The summed E-state index contributed by atoms with van der Waals surface area (Å²) in [5.41, 5.74) is 6.37. The van der Waals surface area contributed by atoms with E-state index in [4.69, 9.17) is 9.73 Å². The fourth-order valence-electron chi connectivity index (χ4n) is 6.72. The van der Waals surface area contributed by atoms with Crippen molar-refractivity contribution in [3.05, 3.63) is 90.0 Å². The van der Waals surface area contributed by atoms with Gasteiger partial charge >= 0.3 is 0 Å². The molecule has 3 aliphatic rings. The molecule has 1 atom stereocenters. The van der Waals surface area contributed by atoms with Gasteiger partial charge in [-0.2, -0.15) is 0 Å². The SMILES string of the molecule is CC(C)(C)CN1c2ccccc2C(C)(C)C12C=Nc1c(cc(N3CCc4ccccc43)c3ccccc13)O2. The molecule has 4 aromatic rings. The molecule has 0 radical (unpaired) electrons. The summed E-state index contributed by atoms with van der Waals surface area (Å²) in [6, 6.07) is 28.4. The predicted molar refractivity (Wildman–Crippen MR) is 159 cm³/mol. The Kier molecular flexibility index (Phi) is 4.83. The van der Waals surface area contributed by atoms with Gasteiger partial charge in [-0.1, -0.05) is 81.4 Å². The molecule has 0 bridgehead atoms. The molecule has 1 spiro atoms. The standard InChI is InChI=1S/C34H35N3O/c1-32(2,3)22-37-28-17-11-9-15-26(28)33(4,5)34(37)21-35-31-25-14-8-7-13-24(25)29(20-30(31)38-34)36-19-18-23-12-6-10-16-27(23)36/h6-17,20-21H,18-19,22H2,1-5H3. The van der Waals surface area contributed by atoms with Gasteiger partial charge in [0.15, 0.2) is 5.75 Å². The van der Waals surface area contributed by atoms with Gasteiger partial charge in [0.2, 0.25) is 5.72 Å². The van der Waals surface area contributed by atoms with Crippen LogP contribution in [0, 0.1) is 5.41 Å². The highest BCUT2D eigenvalue weighted by Gasteiger charge is 2.60. The quantitative estimate of drug-likeness (QED) is 0.277. The summed E-state index contributed by atoms with van der Waals surface area (Å²) in [5, 5.41) is 2.34. The number of para-hydroxylation sites is 2. The van der Waals surface area contributed by atoms with Gasteiger partial charge in [-0.15, -0.1) is 0 Å². The average Bonchev–Trinajstić information content (AvgIpc) is 3.40. The number of ether oxygens (including phenoxy) is 1. The smallest absolute Gasteiger partial charge is 0.228 e. The van der Waals surface area contributed by atoms with E-state index in [2.05, 4.69) is 129 Å². The first kappa shape index (κ1) is 23.3. The topological polar surface area (TPSA) is 28.1 Å². The molecule has 0 N–H and O–H groups in total. The highest BCUT2D eigenvalue weighted by molar-refractivity contribution is 6.07. The van der Waals surface area contributed by atoms with Gasteiger partial charge in [0.1, 0.15) is 5.69 Å². The molecule has 0 amide bonds. The van der Waals surface area contributed by atoms with Crippen LogP contribution in [-0.4, -0.2) is 25.0 Å². The number of hydrogen-bond donors (Lipinski definition) is 0. The second kappa shape index (κ2) is 7.86. The highest BCUT2D eigenvalue weighted by atomic mass is 16.5. The lowest BCUT2D eigenvalue weighted by Crippen LogP contribution is -2.63. The maximum atomic E-state index is 7.28. The summed E-state index contributed by atoms with van der Waals surface area (Å²) in [4.78, 5) is 10.1. The van der Waals surface area contributed by atoms with E-state index in [9.17, 15) is 0 Å². The summed E-state index contributed by atoms with van der Waals surface area (Å²) in [6.45, 7) is 13.3. The lowest BCUT2D eigenvalue weighted by Gasteiger charge is -2.48. The van der Waals surface area contributed by atoms with Crippen LogP contribution >= 0.6 is 0 Å². The van der Waals surface area contributed by atoms with Gasteiger partial charge in [-0.25, -0.2) is 0 Å². The number of aliphatic imine (C=N–C) groups is 1. The molecule has 3 aliphatic heterocycles. The average molecular weight is 502 g/mol. The van der Waals surface area contributed by atoms with Crippen LogP contribution < -0.4 is 14.5 Å². The van der Waals surface area contributed by atoms with Crippen LogP contribution in [-0.2, 0) is 11.8 Å². The monoisotopic (exact) mass is 501 g/mol. The van der Waals surface area contributed by atoms with E-state index in [0.29, 0.717) is 0 Å². The minimum Gasteiger partial charge on any atom is -0.459 e. The largest absolute Gasteiger partial charge is 0.459 e. The summed E-state index contributed by atoms with van der Waals surface area (Å²) in [7, 11) is 0. The summed E-state index contributed by atoms with van der Waals surface area (Å²) in [6.07, 6.45) is 3.13. The first-order valence-electron chi connectivity index (χ1n) is 13.7. The van der Waals surface area contributed by atoms with Gasteiger partial charge in [0, 0.05) is 41.3 Å². The predicted octanol–water partition coefficient (Wildman–Crippen LogP) is 8.17. The Balaban J connectivity index is 1.43. The lowest BCUT2D eigenvalue weighted by molar-refractivity contribution is 0.0717. The number of nitrogens with zero attached hydrogens (tertiary/aromatic N) is 3. The maximum Gasteiger partial charge on any atom is 0.228 e. The van der Waals surface area contributed by atoms with Gasteiger partial charge < -0.3 is 14.5 Å². The number of hydrogen-bond acceptors (Lipinski definition) is 4. The molecule has 4 aromatic carbocycles. The van der Waals surface area contributed by atoms with Crippen LogP contribution in [0.1, 0.15) is 45.7 Å². The van der Waals surface area contributed by atoms with Crippen molar-refractivity contribution in [1.29, 1.82) is 0 Å². The Labute approximate surface area is 225 Å².